The van der Waals surface area contributed by atoms with Crippen LogP contribution in [0.3, 0.4) is 0 Å². The van der Waals surface area contributed by atoms with E-state index in [1.54, 1.807) is 0 Å². The summed E-state index contributed by atoms with van der Waals surface area (Å²) in [5.74, 6) is 0.881. The van der Waals surface area contributed by atoms with Crippen LogP contribution in [0.25, 0.3) is 0 Å². The van der Waals surface area contributed by atoms with Crippen molar-refractivity contribution in [3.8, 4) is 0 Å². The van der Waals surface area contributed by atoms with Crippen molar-refractivity contribution in [3.05, 3.63) is 35.4 Å². The largest absolute Gasteiger partial charge is 0.379 e. The summed E-state index contributed by atoms with van der Waals surface area (Å²) >= 11 is 0. The highest BCUT2D eigenvalue weighted by Crippen LogP contribution is 2.14. The van der Waals surface area contributed by atoms with Crippen LogP contribution in [0, 0.1) is 0 Å². The van der Waals surface area contributed by atoms with Gasteiger partial charge >= 0.3 is 0 Å². The monoisotopic (exact) mass is 545 g/mol. The third-order valence-corrected chi connectivity index (χ3v) is 5.92. The van der Waals surface area contributed by atoms with Gasteiger partial charge in [0, 0.05) is 51.4 Å². The van der Waals surface area contributed by atoms with Crippen LogP contribution in [0.2, 0.25) is 0 Å². The van der Waals surface area contributed by atoms with Crippen LogP contribution >= 0.6 is 24.0 Å². The molecule has 0 spiro atoms. The van der Waals surface area contributed by atoms with Gasteiger partial charge in [-0.3, -0.25) is 9.80 Å². The van der Waals surface area contributed by atoms with Gasteiger partial charge < -0.3 is 20.1 Å². The van der Waals surface area contributed by atoms with Gasteiger partial charge in [0.2, 0.25) is 0 Å². The van der Waals surface area contributed by atoms with Crippen LogP contribution in [-0.2, 0) is 22.6 Å². The van der Waals surface area contributed by atoms with Gasteiger partial charge in [-0.05, 0) is 31.9 Å². The summed E-state index contributed by atoms with van der Waals surface area (Å²) < 4.78 is 11.1. The van der Waals surface area contributed by atoms with E-state index in [-0.39, 0.29) is 24.0 Å². The quantitative estimate of drug-likeness (QED) is 0.297. The fourth-order valence-corrected chi connectivity index (χ4v) is 4.13. The molecule has 2 N–H and O–H groups in total. The third kappa shape index (κ3) is 8.49. The van der Waals surface area contributed by atoms with E-state index in [4.69, 9.17) is 14.5 Å². The van der Waals surface area contributed by atoms with E-state index in [0.29, 0.717) is 18.6 Å². The number of hydrogen-bond donors (Lipinski definition) is 2. The highest BCUT2D eigenvalue weighted by atomic mass is 127. The maximum absolute atomic E-state index is 5.57. The van der Waals surface area contributed by atoms with Crippen molar-refractivity contribution in [2.75, 3.05) is 59.2 Å². The van der Waals surface area contributed by atoms with Gasteiger partial charge in [0.25, 0.3) is 0 Å². The molecule has 8 heteroatoms. The summed E-state index contributed by atoms with van der Waals surface area (Å²) in [6.07, 6.45) is 0. The zero-order valence-corrected chi connectivity index (χ0v) is 21.6. The van der Waals surface area contributed by atoms with Crippen molar-refractivity contribution in [1.82, 2.24) is 20.4 Å². The van der Waals surface area contributed by atoms with E-state index in [2.05, 4.69) is 65.5 Å². The molecule has 0 radical (unpaired) electrons. The molecule has 2 unspecified atom stereocenters. The second kappa shape index (κ2) is 14.3. The molecule has 2 heterocycles. The number of nitrogens with one attached hydrogen (secondary N) is 2. The fraction of sp³-hybridized carbons (Fsp3) is 0.696. The minimum Gasteiger partial charge on any atom is -0.379 e. The molecule has 7 nitrogen and oxygen atoms in total. The Labute approximate surface area is 205 Å². The van der Waals surface area contributed by atoms with Crippen LogP contribution in [-0.4, -0.2) is 87.0 Å². The molecule has 0 aliphatic carbocycles. The SMILES string of the molecule is CCNC(=NCc1ccccc1CN1CCOCC1)NCC(C)N1CCOCC1C.I. The van der Waals surface area contributed by atoms with E-state index in [9.17, 15) is 0 Å². The van der Waals surface area contributed by atoms with Crippen LogP contribution in [0.1, 0.15) is 31.9 Å². The zero-order chi connectivity index (χ0) is 21.2. The van der Waals surface area contributed by atoms with Crippen molar-refractivity contribution in [2.24, 2.45) is 4.99 Å². The molecule has 31 heavy (non-hydrogen) atoms. The molecule has 1 aromatic rings. The fourth-order valence-electron chi connectivity index (χ4n) is 4.13. The van der Waals surface area contributed by atoms with Gasteiger partial charge in [0.1, 0.15) is 0 Å². The molecule has 2 atom stereocenters. The van der Waals surface area contributed by atoms with E-state index in [1.165, 1.54) is 11.1 Å². The summed E-state index contributed by atoms with van der Waals surface area (Å²) in [6.45, 7) is 16.3. The maximum atomic E-state index is 5.57. The number of hydrogen-bond acceptors (Lipinski definition) is 5. The molecule has 176 valence electrons. The molecule has 2 aliphatic rings. The highest BCUT2D eigenvalue weighted by molar-refractivity contribution is 14.0. The van der Waals surface area contributed by atoms with E-state index >= 15 is 0 Å². The smallest absolute Gasteiger partial charge is 0.191 e. The molecule has 0 bridgehead atoms. The Bertz CT molecular complexity index is 669. The van der Waals surface area contributed by atoms with Gasteiger partial charge in [-0.15, -0.1) is 24.0 Å². The minimum absolute atomic E-state index is 0. The first kappa shape index (κ1) is 26.3. The number of ether oxygens (including phenoxy) is 2. The lowest BCUT2D eigenvalue weighted by Gasteiger charge is -2.38. The molecular formula is C23H40IN5O2. The highest BCUT2D eigenvalue weighted by Gasteiger charge is 2.23. The lowest BCUT2D eigenvalue weighted by atomic mass is 10.1. The summed E-state index contributed by atoms with van der Waals surface area (Å²) in [5, 5.41) is 6.93. The Morgan fingerprint density at radius 3 is 2.52 bits per heavy atom. The number of rotatable bonds is 8. The third-order valence-electron chi connectivity index (χ3n) is 5.92. The van der Waals surface area contributed by atoms with Crippen molar-refractivity contribution in [2.45, 2.75) is 45.9 Å². The topological polar surface area (TPSA) is 61.4 Å². The Morgan fingerprint density at radius 2 is 1.81 bits per heavy atom. The van der Waals surface area contributed by atoms with Crippen LogP contribution in [0.5, 0.6) is 0 Å². The van der Waals surface area contributed by atoms with Gasteiger partial charge in [-0.25, -0.2) is 4.99 Å². The lowest BCUT2D eigenvalue weighted by Crippen LogP contribution is -2.53. The summed E-state index contributed by atoms with van der Waals surface area (Å²) in [7, 11) is 0. The van der Waals surface area contributed by atoms with Crippen LogP contribution < -0.4 is 10.6 Å². The molecule has 1 aromatic carbocycles. The predicted octanol–water partition coefficient (Wildman–Crippen LogP) is 2.30. The summed E-state index contributed by atoms with van der Waals surface area (Å²) in [5.41, 5.74) is 2.64. The lowest BCUT2D eigenvalue weighted by molar-refractivity contribution is -0.0174. The average molecular weight is 546 g/mol. The Balaban J connectivity index is 0.00000341. The Hall–Kier alpha value is -0.940. The molecular weight excluding hydrogens is 505 g/mol. The van der Waals surface area contributed by atoms with Crippen molar-refractivity contribution in [1.29, 1.82) is 0 Å². The number of halogens is 1. The van der Waals surface area contributed by atoms with E-state index in [1.807, 2.05) is 0 Å². The maximum Gasteiger partial charge on any atom is 0.191 e. The van der Waals surface area contributed by atoms with Gasteiger partial charge in [-0.1, -0.05) is 24.3 Å². The van der Waals surface area contributed by atoms with Crippen LogP contribution in [0.15, 0.2) is 29.3 Å². The normalized spacial score (nSPS) is 21.9. The van der Waals surface area contributed by atoms with Crippen molar-refractivity contribution in [3.63, 3.8) is 0 Å². The zero-order valence-electron chi connectivity index (χ0n) is 19.3. The number of guanidine groups is 1. The molecule has 3 rings (SSSR count). The summed E-state index contributed by atoms with van der Waals surface area (Å²) in [6, 6.07) is 9.54. The van der Waals surface area contributed by atoms with E-state index in [0.717, 1.165) is 71.7 Å². The van der Waals surface area contributed by atoms with Gasteiger partial charge in [0.05, 0.1) is 33.0 Å². The molecule has 0 saturated carbocycles. The van der Waals surface area contributed by atoms with Crippen LogP contribution in [0.4, 0.5) is 0 Å². The number of benzene rings is 1. The van der Waals surface area contributed by atoms with Gasteiger partial charge in [0.15, 0.2) is 5.96 Å². The Morgan fingerprint density at radius 1 is 1.10 bits per heavy atom. The average Bonchev–Trinajstić information content (AvgIpc) is 2.77. The minimum atomic E-state index is 0. The standard InChI is InChI=1S/C23H39N5O2.HI/c1-4-24-23(25-15-19(2)28-11-14-30-18-20(28)3)26-16-21-7-5-6-8-22(21)17-27-9-12-29-13-10-27;/h5-8,19-20H,4,9-18H2,1-3H3,(H2,24,25,26);1H. The number of morpholine rings is 2. The predicted molar refractivity (Wildman–Crippen MR) is 137 cm³/mol. The molecule has 2 aliphatic heterocycles. The first-order chi connectivity index (χ1) is 14.7. The number of nitrogens with zero attached hydrogens (tertiary/aromatic N) is 3. The molecule has 0 amide bonds. The number of aliphatic imine (C=N–C) groups is 1. The Kier molecular flexibility index (Phi) is 12.1. The second-order valence-corrected chi connectivity index (χ2v) is 8.24. The second-order valence-electron chi connectivity index (χ2n) is 8.24. The van der Waals surface area contributed by atoms with Gasteiger partial charge in [-0.2, -0.15) is 0 Å². The first-order valence-corrected chi connectivity index (χ1v) is 11.4. The molecule has 2 saturated heterocycles. The molecule has 2 fully saturated rings. The van der Waals surface area contributed by atoms with Crippen molar-refractivity contribution < 1.29 is 9.47 Å². The van der Waals surface area contributed by atoms with Crippen molar-refractivity contribution >= 4 is 29.9 Å². The first-order valence-electron chi connectivity index (χ1n) is 11.4. The summed E-state index contributed by atoms with van der Waals surface area (Å²) in [4.78, 5) is 9.85. The van der Waals surface area contributed by atoms with E-state index < -0.39 is 0 Å². The molecule has 0 aromatic heterocycles.